The Morgan fingerprint density at radius 3 is 2.59 bits per heavy atom. The molecule has 7 N–H and O–H groups in total. The maximum absolute atomic E-state index is 11.8. The maximum atomic E-state index is 11.8. The molecular formula is C19H26IN7OS. The number of nitrogens with one attached hydrogen (secondary N) is 1. The molecule has 0 saturated carbocycles. The molecule has 1 amide bonds. The highest BCUT2D eigenvalue weighted by Crippen LogP contribution is 2.24. The fourth-order valence-electron chi connectivity index (χ4n) is 2.69. The zero-order valence-electron chi connectivity index (χ0n) is 16.6. The van der Waals surface area contributed by atoms with Gasteiger partial charge in [-0.05, 0) is 54.3 Å². The number of hydrogen-bond donors (Lipinski definition) is 4. The number of nitrogens with two attached hydrogens (primary N) is 3. The number of aliphatic imine (C=N–C) groups is 2. The van der Waals surface area contributed by atoms with Crippen LogP contribution in [0.1, 0.15) is 27.2 Å². The molecule has 1 heterocycles. The summed E-state index contributed by atoms with van der Waals surface area (Å²) in [6.45, 7) is 6.14. The summed E-state index contributed by atoms with van der Waals surface area (Å²) in [5.41, 5.74) is 12.1. The molecule has 1 aromatic heterocycles. The molecule has 0 radical (unpaired) electrons. The van der Waals surface area contributed by atoms with Crippen LogP contribution in [0.3, 0.4) is 0 Å². The van der Waals surface area contributed by atoms with E-state index in [1.54, 1.807) is 11.3 Å². The average molecular weight is 527 g/mol. The highest BCUT2D eigenvalue weighted by atomic mass is 127. The van der Waals surface area contributed by atoms with E-state index in [0.717, 1.165) is 22.2 Å². The molecule has 10 heteroatoms. The van der Waals surface area contributed by atoms with Gasteiger partial charge in [0.25, 0.3) is 5.91 Å². The highest BCUT2D eigenvalue weighted by molar-refractivity contribution is 14.1. The van der Waals surface area contributed by atoms with Gasteiger partial charge in [-0.15, -0.1) is 11.3 Å². The molecule has 0 fully saturated rings. The van der Waals surface area contributed by atoms with E-state index in [1.165, 1.54) is 0 Å². The van der Waals surface area contributed by atoms with E-state index in [9.17, 15) is 4.79 Å². The number of carbonyl (C=O) groups is 1. The van der Waals surface area contributed by atoms with E-state index >= 15 is 0 Å². The first-order valence-corrected chi connectivity index (χ1v) is 11.1. The predicted molar refractivity (Wildman–Crippen MR) is 132 cm³/mol. The van der Waals surface area contributed by atoms with Crippen LogP contribution in [0, 0.1) is 5.92 Å². The molecule has 0 aliphatic heterocycles. The molecule has 0 unspecified atom stereocenters. The number of rotatable bonds is 7. The van der Waals surface area contributed by atoms with Gasteiger partial charge >= 0.3 is 0 Å². The summed E-state index contributed by atoms with van der Waals surface area (Å²) in [7, 11) is 0. The van der Waals surface area contributed by atoms with Crippen molar-refractivity contribution in [2.45, 2.75) is 39.3 Å². The molecule has 0 saturated heterocycles. The van der Waals surface area contributed by atoms with Gasteiger partial charge in [0.05, 0.1) is 6.04 Å². The first kappa shape index (κ1) is 23.2. The number of nitrogens with zero attached hydrogens (tertiary/aromatic N) is 3. The second-order valence-corrected chi connectivity index (χ2v) is 8.97. The summed E-state index contributed by atoms with van der Waals surface area (Å²) in [4.78, 5) is 20.9. The lowest BCUT2D eigenvalue weighted by atomic mass is 10.00. The van der Waals surface area contributed by atoms with Crippen LogP contribution in [0.4, 0.5) is 5.69 Å². The number of amidine groups is 2. The Hall–Kier alpha value is -2.05. The van der Waals surface area contributed by atoms with Crippen LogP contribution in [0.25, 0.3) is 10.1 Å². The van der Waals surface area contributed by atoms with Crippen LogP contribution in [0.2, 0.25) is 0 Å². The van der Waals surface area contributed by atoms with Crippen LogP contribution in [-0.4, -0.2) is 33.4 Å². The molecule has 2 aromatic rings. The minimum absolute atomic E-state index is 0.0964. The van der Waals surface area contributed by atoms with Crippen molar-refractivity contribution in [3.63, 3.8) is 0 Å². The van der Waals surface area contributed by atoms with Gasteiger partial charge in [0.2, 0.25) is 0 Å². The van der Waals surface area contributed by atoms with Gasteiger partial charge in [-0.25, -0.2) is 4.99 Å². The average Bonchev–Trinajstić information content (AvgIpc) is 3.08. The third kappa shape index (κ3) is 6.75. The predicted octanol–water partition coefficient (Wildman–Crippen LogP) is 3.06. The monoisotopic (exact) mass is 527 g/mol. The second-order valence-electron chi connectivity index (χ2n) is 7.05. The van der Waals surface area contributed by atoms with Crippen molar-refractivity contribution in [2.75, 3.05) is 5.32 Å². The van der Waals surface area contributed by atoms with Crippen LogP contribution >= 0.6 is 33.9 Å². The zero-order chi connectivity index (χ0) is 21.6. The van der Waals surface area contributed by atoms with Crippen LogP contribution < -0.4 is 22.6 Å². The summed E-state index contributed by atoms with van der Waals surface area (Å²) in [5, 5.41) is 9.70. The van der Waals surface area contributed by atoms with Crippen molar-refractivity contribution in [2.24, 2.45) is 38.3 Å². The first-order valence-electron chi connectivity index (χ1n) is 9.11. The lowest BCUT2D eigenvalue weighted by Gasteiger charge is -2.18. The number of thiophene rings is 1. The summed E-state index contributed by atoms with van der Waals surface area (Å²) < 4.78 is 1.58. The molecule has 29 heavy (non-hydrogen) atoms. The normalized spacial score (nSPS) is 15.6. The van der Waals surface area contributed by atoms with Gasteiger partial charge in [0, 0.05) is 39.0 Å². The van der Waals surface area contributed by atoms with Gasteiger partial charge in [0.15, 0.2) is 15.4 Å². The minimum atomic E-state index is -0.787. The van der Waals surface area contributed by atoms with Crippen LogP contribution in [0.15, 0.2) is 44.7 Å². The molecule has 8 nitrogen and oxygen atoms in total. The Morgan fingerprint density at radius 2 is 2.00 bits per heavy atom. The third-order valence-corrected chi connectivity index (χ3v) is 5.52. The molecule has 2 atom stereocenters. The Kier molecular flexibility index (Phi) is 8.53. The molecule has 0 spiro atoms. The second kappa shape index (κ2) is 10.6. The highest BCUT2D eigenvalue weighted by Gasteiger charge is 2.19. The van der Waals surface area contributed by atoms with Gasteiger partial charge in [-0.2, -0.15) is 5.10 Å². The van der Waals surface area contributed by atoms with Crippen molar-refractivity contribution in [3.05, 3.63) is 29.6 Å². The van der Waals surface area contributed by atoms with Gasteiger partial charge in [-0.1, -0.05) is 13.8 Å². The molecule has 1 aromatic carbocycles. The molecule has 156 valence electrons. The summed E-state index contributed by atoms with van der Waals surface area (Å²) in [6.07, 6.45) is 0.824. The molecular weight excluding hydrogens is 501 g/mol. The number of hydrogen-bond acceptors (Lipinski definition) is 6. The van der Waals surface area contributed by atoms with Gasteiger partial charge in [-0.3, -0.25) is 9.79 Å². The number of halogens is 1. The topological polar surface area (TPSA) is 144 Å². The maximum Gasteiger partial charge on any atom is 0.272 e. The number of benzene rings is 1. The van der Waals surface area contributed by atoms with E-state index in [4.69, 9.17) is 17.3 Å². The Labute approximate surface area is 187 Å². The summed E-state index contributed by atoms with van der Waals surface area (Å²) in [5.74, 6) is 5.18. The van der Waals surface area contributed by atoms with Gasteiger partial charge < -0.3 is 22.6 Å². The van der Waals surface area contributed by atoms with E-state index in [2.05, 4.69) is 34.3 Å². The van der Waals surface area contributed by atoms with Crippen molar-refractivity contribution in [3.8, 4) is 0 Å². The number of hydrazone groups is 1. The number of amides is 1. The van der Waals surface area contributed by atoms with E-state index < -0.39 is 5.91 Å². The molecule has 2 rings (SSSR count). The molecule has 0 aliphatic carbocycles. The van der Waals surface area contributed by atoms with Crippen LogP contribution in [-0.2, 0) is 4.79 Å². The fraction of sp³-hybridized carbons (Fsp3) is 0.368. The third-order valence-electron chi connectivity index (χ3n) is 4.10. The number of fused-ring (bicyclic) bond motifs is 1. The summed E-state index contributed by atoms with van der Waals surface area (Å²) >= 11 is 3.65. The Balaban J connectivity index is 2.40. The van der Waals surface area contributed by atoms with Crippen molar-refractivity contribution in [1.29, 1.82) is 0 Å². The largest absolute Gasteiger partial charge is 0.364 e. The van der Waals surface area contributed by atoms with Crippen molar-refractivity contribution in [1.82, 2.24) is 0 Å². The van der Waals surface area contributed by atoms with E-state index in [0.29, 0.717) is 9.76 Å². The minimum Gasteiger partial charge on any atom is -0.364 e. The fourth-order valence-corrected chi connectivity index (χ4v) is 4.06. The Bertz CT molecular complexity index is 949. The number of carbonyl (C=O) groups excluding carboxylic acids is 1. The van der Waals surface area contributed by atoms with Crippen molar-refractivity contribution >= 4 is 71.0 Å². The van der Waals surface area contributed by atoms with E-state index in [-0.39, 0.29) is 23.6 Å². The standard InChI is InChI=1S/C19H26IN7OS/c1-10(2)8-14(11(3)21)25-19(20)26-18(16(27-23)17(22)28)24-13-4-5-15-12(9-13)6-7-29-15/h4-7,9-11,14H,8,21,23H2,1-3H3,(H2,22,28)(H,24,25,26)/t11-,14+/m0/s1. The smallest absolute Gasteiger partial charge is 0.272 e. The zero-order valence-corrected chi connectivity index (χ0v) is 19.6. The summed E-state index contributed by atoms with van der Waals surface area (Å²) in [6, 6.07) is 7.60. The van der Waals surface area contributed by atoms with Crippen LogP contribution in [0.5, 0.6) is 0 Å². The number of anilines is 1. The molecule has 0 bridgehead atoms. The Morgan fingerprint density at radius 1 is 1.28 bits per heavy atom. The quantitative estimate of drug-likeness (QED) is 0.110. The molecule has 0 aliphatic rings. The first-order chi connectivity index (χ1) is 13.7. The number of primary amides is 1. The van der Waals surface area contributed by atoms with E-state index in [1.807, 2.05) is 59.2 Å². The lowest BCUT2D eigenvalue weighted by Crippen LogP contribution is -2.36. The van der Waals surface area contributed by atoms with Crippen molar-refractivity contribution < 1.29 is 4.79 Å². The van der Waals surface area contributed by atoms with Gasteiger partial charge in [0.1, 0.15) is 0 Å². The lowest BCUT2D eigenvalue weighted by molar-refractivity contribution is -0.111. The SMILES string of the molecule is CC(C)C[C@@H](N=C(I)N=C(Nc1ccc2sccc2c1)C(=NN)C(N)=O)[C@H](C)N.